The first-order valence-electron chi connectivity index (χ1n) is 5.62. The molecule has 0 aromatic carbocycles. The van der Waals surface area contributed by atoms with Crippen LogP contribution in [0.15, 0.2) is 12.7 Å². The second kappa shape index (κ2) is 6.94. The van der Waals surface area contributed by atoms with E-state index in [0.29, 0.717) is 24.1 Å². The van der Waals surface area contributed by atoms with Gasteiger partial charge in [-0.25, -0.2) is 9.36 Å². The van der Waals surface area contributed by atoms with E-state index in [1.807, 2.05) is 28.1 Å². The Morgan fingerprint density at radius 3 is 2.41 bits per heavy atom. The minimum atomic E-state index is -3.31. The van der Waals surface area contributed by atoms with Crippen LogP contribution in [-0.2, 0) is 18.4 Å². The van der Waals surface area contributed by atoms with Crippen LogP contribution in [0.25, 0.3) is 0 Å². The fourth-order valence-corrected chi connectivity index (χ4v) is 2.57. The number of nitrogens with zero attached hydrogens (tertiary/aromatic N) is 1. The van der Waals surface area contributed by atoms with Gasteiger partial charge in [-0.15, -0.1) is 0 Å². The van der Waals surface area contributed by atoms with E-state index in [0.717, 1.165) is 6.08 Å². The molecule has 1 atom stereocenters. The molecular weight excluding hydrogens is 241 g/mol. The van der Waals surface area contributed by atoms with Gasteiger partial charge in [-0.2, -0.15) is 0 Å². The maximum absolute atomic E-state index is 12.1. The summed E-state index contributed by atoms with van der Waals surface area (Å²) in [6.45, 7) is 6.12. The molecule has 17 heavy (non-hydrogen) atoms. The summed E-state index contributed by atoms with van der Waals surface area (Å²) >= 11 is 0. The van der Waals surface area contributed by atoms with Crippen LogP contribution in [0.4, 0.5) is 0 Å². The van der Waals surface area contributed by atoms with Gasteiger partial charge in [0.25, 0.3) is 0 Å². The molecule has 0 fully saturated rings. The van der Waals surface area contributed by atoms with E-state index < -0.39 is 13.6 Å². The topological polar surface area (TPSA) is 52.6 Å². The highest BCUT2D eigenvalue weighted by Crippen LogP contribution is 2.48. The predicted octanol–water partition coefficient (Wildman–Crippen LogP) is 2.04. The van der Waals surface area contributed by atoms with Gasteiger partial charge >= 0.3 is 13.6 Å². The Kier molecular flexibility index (Phi) is 6.68. The minimum absolute atomic E-state index is 0.240. The summed E-state index contributed by atoms with van der Waals surface area (Å²) in [6.07, 6.45) is 1.86. The Labute approximate surface area is 104 Å². The van der Waals surface area contributed by atoms with Crippen LogP contribution < -0.4 is 0 Å². The Bertz CT molecular complexity index is 309. The van der Waals surface area contributed by atoms with Crippen molar-refractivity contribution in [1.29, 1.82) is 0 Å². The van der Waals surface area contributed by atoms with Crippen LogP contribution in [0, 0.1) is 0 Å². The maximum Gasteiger partial charge on any atom is 0.381 e. The molecule has 0 aromatic heterocycles. The molecule has 0 spiro atoms. The summed E-state index contributed by atoms with van der Waals surface area (Å²) in [5, 5.41) is 0. The van der Waals surface area contributed by atoms with Gasteiger partial charge in [0.1, 0.15) is 13.2 Å². The zero-order chi connectivity index (χ0) is 13.5. The maximum atomic E-state index is 12.1. The highest BCUT2D eigenvalue weighted by Gasteiger charge is 2.27. The Morgan fingerprint density at radius 2 is 2.00 bits per heavy atom. The quantitative estimate of drug-likeness (QED) is 0.382. The standard InChI is InChI=1S/C11H23NO4P/c1-6-10-17(14,16-11(13)7-2)15-9-8-12(3,4)5/h7H,2,6,8-10H2,1,3-5H3/q+1. The summed E-state index contributed by atoms with van der Waals surface area (Å²) in [5.74, 6) is -0.702. The third-order valence-corrected chi connectivity index (χ3v) is 3.97. The molecule has 0 saturated carbocycles. The summed E-state index contributed by atoms with van der Waals surface area (Å²) < 4.78 is 22.9. The van der Waals surface area contributed by atoms with Crippen molar-refractivity contribution in [1.82, 2.24) is 0 Å². The second-order valence-corrected chi connectivity index (χ2v) is 6.91. The highest BCUT2D eigenvalue weighted by atomic mass is 31.2. The van der Waals surface area contributed by atoms with Gasteiger partial charge in [-0.05, 0) is 6.42 Å². The molecule has 100 valence electrons. The number of quaternary nitrogens is 1. The normalized spacial score (nSPS) is 15.1. The monoisotopic (exact) mass is 264 g/mol. The Hall–Kier alpha value is -0.640. The van der Waals surface area contributed by atoms with Crippen molar-refractivity contribution in [3.8, 4) is 0 Å². The Morgan fingerprint density at radius 1 is 1.41 bits per heavy atom. The van der Waals surface area contributed by atoms with E-state index in [1.165, 1.54) is 0 Å². The zero-order valence-electron chi connectivity index (χ0n) is 11.1. The van der Waals surface area contributed by atoms with Crippen molar-refractivity contribution in [3.63, 3.8) is 0 Å². The minimum Gasteiger partial charge on any atom is -0.388 e. The van der Waals surface area contributed by atoms with Crippen LogP contribution in [0.2, 0.25) is 0 Å². The van der Waals surface area contributed by atoms with Crippen LogP contribution in [0.3, 0.4) is 0 Å². The van der Waals surface area contributed by atoms with E-state index in [4.69, 9.17) is 9.05 Å². The van der Waals surface area contributed by atoms with E-state index in [9.17, 15) is 9.36 Å². The fraction of sp³-hybridized carbons (Fsp3) is 0.727. The van der Waals surface area contributed by atoms with Crippen molar-refractivity contribution in [2.75, 3.05) is 40.5 Å². The van der Waals surface area contributed by atoms with Crippen LogP contribution in [0.1, 0.15) is 13.3 Å². The smallest absolute Gasteiger partial charge is 0.381 e. The van der Waals surface area contributed by atoms with Crippen molar-refractivity contribution < 1.29 is 22.9 Å². The molecule has 5 nitrogen and oxygen atoms in total. The lowest BCUT2D eigenvalue weighted by atomic mass is 10.5. The van der Waals surface area contributed by atoms with Gasteiger partial charge in [0.15, 0.2) is 0 Å². The van der Waals surface area contributed by atoms with Crippen molar-refractivity contribution in [2.24, 2.45) is 0 Å². The first-order chi connectivity index (χ1) is 7.72. The zero-order valence-corrected chi connectivity index (χ0v) is 12.0. The van der Waals surface area contributed by atoms with Crippen LogP contribution in [-0.4, -0.2) is 50.9 Å². The first kappa shape index (κ1) is 16.4. The molecule has 0 radical (unpaired) electrons. The average molecular weight is 264 g/mol. The number of hydrogen-bond donors (Lipinski definition) is 0. The number of rotatable bonds is 8. The number of hydrogen-bond acceptors (Lipinski definition) is 4. The molecule has 0 aliphatic rings. The second-order valence-electron chi connectivity index (χ2n) is 4.80. The summed E-state index contributed by atoms with van der Waals surface area (Å²) in [5.41, 5.74) is 0. The number of carbonyl (C=O) groups excluding carboxylic acids is 1. The molecule has 0 N–H and O–H groups in total. The number of carbonyl (C=O) groups is 1. The molecule has 1 unspecified atom stereocenters. The van der Waals surface area contributed by atoms with E-state index >= 15 is 0 Å². The molecule has 0 rings (SSSR count). The molecule has 0 heterocycles. The number of likely N-dealkylation sites (N-methyl/N-ethyl adjacent to an activating group) is 1. The Balaban J connectivity index is 4.36. The lowest BCUT2D eigenvalue weighted by Gasteiger charge is -2.25. The molecule has 0 aliphatic heterocycles. The van der Waals surface area contributed by atoms with Gasteiger partial charge in [-0.1, -0.05) is 13.5 Å². The molecule has 0 saturated heterocycles. The summed E-state index contributed by atoms with van der Waals surface area (Å²) in [7, 11) is 2.70. The van der Waals surface area contributed by atoms with Gasteiger partial charge in [0.2, 0.25) is 0 Å². The summed E-state index contributed by atoms with van der Waals surface area (Å²) in [6, 6.07) is 0. The van der Waals surface area contributed by atoms with Crippen molar-refractivity contribution >= 4 is 13.6 Å². The van der Waals surface area contributed by atoms with Crippen molar-refractivity contribution in [3.05, 3.63) is 12.7 Å². The molecule has 6 heteroatoms. The van der Waals surface area contributed by atoms with E-state index in [1.54, 1.807) is 0 Å². The highest BCUT2D eigenvalue weighted by molar-refractivity contribution is 7.54. The molecule has 0 amide bonds. The van der Waals surface area contributed by atoms with Gasteiger partial charge in [0.05, 0.1) is 27.3 Å². The third kappa shape index (κ3) is 8.13. The third-order valence-electron chi connectivity index (χ3n) is 1.94. The van der Waals surface area contributed by atoms with E-state index in [-0.39, 0.29) is 6.16 Å². The van der Waals surface area contributed by atoms with Crippen LogP contribution >= 0.6 is 7.60 Å². The molecule has 0 aliphatic carbocycles. The average Bonchev–Trinajstić information content (AvgIpc) is 2.15. The van der Waals surface area contributed by atoms with Gasteiger partial charge < -0.3 is 9.01 Å². The lowest BCUT2D eigenvalue weighted by molar-refractivity contribution is -0.870. The fourth-order valence-electron chi connectivity index (χ4n) is 1.04. The molecular formula is C11H23NO4P+. The molecule has 0 aromatic rings. The first-order valence-corrected chi connectivity index (χ1v) is 7.35. The lowest BCUT2D eigenvalue weighted by Crippen LogP contribution is -2.37. The van der Waals surface area contributed by atoms with Gasteiger partial charge in [-0.3, -0.25) is 4.52 Å². The largest absolute Gasteiger partial charge is 0.388 e. The van der Waals surface area contributed by atoms with Crippen molar-refractivity contribution in [2.45, 2.75) is 13.3 Å². The molecule has 0 bridgehead atoms. The van der Waals surface area contributed by atoms with Gasteiger partial charge in [0, 0.05) is 6.08 Å². The van der Waals surface area contributed by atoms with E-state index in [2.05, 4.69) is 6.58 Å². The van der Waals surface area contributed by atoms with Crippen LogP contribution in [0.5, 0.6) is 0 Å². The SMILES string of the molecule is C=CC(=O)OP(=O)(CCC)OCC[N+](C)(C)C. The summed E-state index contributed by atoms with van der Waals surface area (Å²) in [4.78, 5) is 11.1. The predicted molar refractivity (Wildman–Crippen MR) is 67.9 cm³/mol.